The topological polar surface area (TPSA) is 82.8 Å². The third kappa shape index (κ3) is 3.19. The van der Waals surface area contributed by atoms with Gasteiger partial charge in [-0.1, -0.05) is 6.07 Å². The molecule has 2 aromatic rings. The molecule has 1 aromatic heterocycles. The summed E-state index contributed by atoms with van der Waals surface area (Å²) in [6.45, 7) is 0.136. The highest BCUT2D eigenvalue weighted by Gasteiger charge is 2.20. The molecule has 0 saturated carbocycles. The summed E-state index contributed by atoms with van der Waals surface area (Å²) in [6.07, 6.45) is 2.07. The summed E-state index contributed by atoms with van der Waals surface area (Å²) in [7, 11) is -3.91. The summed E-state index contributed by atoms with van der Waals surface area (Å²) in [5.74, 6) is -0.852. The van der Waals surface area contributed by atoms with Crippen LogP contribution >= 0.6 is 11.3 Å². The zero-order valence-corrected chi connectivity index (χ0v) is 11.8. The van der Waals surface area contributed by atoms with Crippen molar-refractivity contribution in [2.75, 3.05) is 6.54 Å². The van der Waals surface area contributed by atoms with Crippen molar-refractivity contribution in [2.24, 2.45) is 0 Å². The van der Waals surface area contributed by atoms with Gasteiger partial charge in [0.2, 0.25) is 10.0 Å². The van der Waals surface area contributed by atoms with Gasteiger partial charge in [0.1, 0.15) is 22.3 Å². The number of nitrogens with zero attached hydrogens (tertiary/aromatic N) is 2. The predicted molar refractivity (Wildman–Crippen MR) is 72.1 cm³/mol. The Hall–Kier alpha value is -1.82. The van der Waals surface area contributed by atoms with Gasteiger partial charge in [-0.3, -0.25) is 0 Å². The Labute approximate surface area is 119 Å². The largest absolute Gasteiger partial charge is 0.250 e. The number of hydrogen-bond acceptors (Lipinski definition) is 5. The second-order valence-electron chi connectivity index (χ2n) is 3.80. The average molecular weight is 311 g/mol. The van der Waals surface area contributed by atoms with Crippen LogP contribution in [0.25, 0.3) is 0 Å². The number of benzene rings is 1. The number of nitriles is 1. The van der Waals surface area contributed by atoms with E-state index in [1.807, 2.05) is 0 Å². The van der Waals surface area contributed by atoms with E-state index in [-0.39, 0.29) is 11.4 Å². The molecule has 20 heavy (non-hydrogen) atoms. The molecule has 5 nitrogen and oxygen atoms in total. The highest BCUT2D eigenvalue weighted by Crippen LogP contribution is 2.17. The third-order valence-corrected chi connectivity index (χ3v) is 4.83. The second-order valence-corrected chi connectivity index (χ2v) is 6.51. The van der Waals surface area contributed by atoms with E-state index in [2.05, 4.69) is 9.71 Å². The van der Waals surface area contributed by atoms with E-state index in [9.17, 15) is 12.8 Å². The molecule has 2 rings (SSSR count). The molecule has 0 aliphatic heterocycles. The molecule has 0 fully saturated rings. The van der Waals surface area contributed by atoms with Crippen LogP contribution in [0.1, 0.15) is 10.6 Å². The molecule has 0 unspecified atom stereocenters. The fourth-order valence-electron chi connectivity index (χ4n) is 1.58. The lowest BCUT2D eigenvalue weighted by Gasteiger charge is -2.07. The van der Waals surface area contributed by atoms with Crippen LogP contribution in [0.4, 0.5) is 4.39 Å². The maximum Gasteiger partial charge on any atom is 0.242 e. The summed E-state index contributed by atoms with van der Waals surface area (Å²) in [5.41, 5.74) is -0.478. The molecule has 8 heteroatoms. The summed E-state index contributed by atoms with van der Waals surface area (Å²) >= 11 is 1.42. The highest BCUT2D eigenvalue weighted by molar-refractivity contribution is 7.89. The number of rotatable bonds is 5. The van der Waals surface area contributed by atoms with Crippen LogP contribution in [0.15, 0.2) is 34.7 Å². The summed E-state index contributed by atoms with van der Waals surface area (Å²) in [4.78, 5) is 3.68. The Bertz CT molecular complexity index is 737. The Morgan fingerprint density at radius 1 is 1.45 bits per heavy atom. The number of halogens is 1. The first-order valence-electron chi connectivity index (χ1n) is 5.61. The van der Waals surface area contributed by atoms with Gasteiger partial charge in [0.05, 0.1) is 5.01 Å². The fourth-order valence-corrected chi connectivity index (χ4v) is 3.40. The molecule has 104 valence electrons. The van der Waals surface area contributed by atoms with Crippen LogP contribution in [0.2, 0.25) is 0 Å². The Balaban J connectivity index is 2.15. The van der Waals surface area contributed by atoms with Crippen molar-refractivity contribution in [3.63, 3.8) is 0 Å². The molecule has 0 saturated heterocycles. The standard InChI is InChI=1S/C12H10FN3O2S2/c13-10-2-1-3-11(9(10)8-14)20(17,18)16-5-4-12-15-6-7-19-12/h1-3,6-7,16H,4-5H2. The lowest BCUT2D eigenvalue weighted by Crippen LogP contribution is -2.27. The zero-order chi connectivity index (χ0) is 14.6. The van der Waals surface area contributed by atoms with Crippen LogP contribution in [0.3, 0.4) is 0 Å². The molecule has 0 aliphatic carbocycles. The van der Waals surface area contributed by atoms with Crippen LogP contribution in [-0.2, 0) is 16.4 Å². The maximum atomic E-state index is 13.4. The van der Waals surface area contributed by atoms with Crippen LogP contribution in [0, 0.1) is 17.1 Å². The lowest BCUT2D eigenvalue weighted by molar-refractivity contribution is 0.576. The van der Waals surface area contributed by atoms with Crippen LogP contribution in [0.5, 0.6) is 0 Å². The molecule has 0 radical (unpaired) electrons. The van der Waals surface area contributed by atoms with Crippen molar-refractivity contribution in [1.29, 1.82) is 5.26 Å². The van der Waals surface area contributed by atoms with E-state index in [1.165, 1.54) is 23.5 Å². The third-order valence-electron chi connectivity index (χ3n) is 2.49. The number of thiazole rings is 1. The Morgan fingerprint density at radius 2 is 2.25 bits per heavy atom. The molecule has 0 aliphatic rings. The van der Waals surface area contributed by atoms with Crippen molar-refractivity contribution in [2.45, 2.75) is 11.3 Å². The summed E-state index contributed by atoms with van der Waals surface area (Å²) < 4.78 is 39.8. The predicted octanol–water partition coefficient (Wildman–Crippen LogP) is 1.67. The van der Waals surface area contributed by atoms with Gasteiger partial charge in [-0.2, -0.15) is 5.26 Å². The van der Waals surface area contributed by atoms with Crippen molar-refractivity contribution < 1.29 is 12.8 Å². The molecule has 0 amide bonds. The minimum atomic E-state index is -3.91. The number of nitrogens with one attached hydrogen (secondary N) is 1. The molecule has 0 spiro atoms. The zero-order valence-electron chi connectivity index (χ0n) is 10.2. The van der Waals surface area contributed by atoms with E-state index >= 15 is 0 Å². The minimum absolute atomic E-state index is 0.136. The second kappa shape index (κ2) is 6.09. The van der Waals surface area contributed by atoms with E-state index in [4.69, 9.17) is 5.26 Å². The molecule has 1 heterocycles. The number of hydrogen-bond donors (Lipinski definition) is 1. The van der Waals surface area contributed by atoms with Crippen LogP contribution < -0.4 is 4.72 Å². The first-order chi connectivity index (χ1) is 9.54. The SMILES string of the molecule is N#Cc1c(F)cccc1S(=O)(=O)NCCc1nccs1. The highest BCUT2D eigenvalue weighted by atomic mass is 32.2. The summed E-state index contributed by atoms with van der Waals surface area (Å²) in [6, 6.07) is 5.08. The number of sulfonamides is 1. The molecule has 1 aromatic carbocycles. The fraction of sp³-hybridized carbons (Fsp3) is 0.167. The molecular formula is C12H10FN3O2S2. The van der Waals surface area contributed by atoms with Gasteiger partial charge in [0.25, 0.3) is 0 Å². The van der Waals surface area contributed by atoms with E-state index in [0.29, 0.717) is 6.42 Å². The first-order valence-corrected chi connectivity index (χ1v) is 7.97. The minimum Gasteiger partial charge on any atom is -0.250 e. The van der Waals surface area contributed by atoms with Crippen molar-refractivity contribution >= 4 is 21.4 Å². The first kappa shape index (κ1) is 14.6. The maximum absolute atomic E-state index is 13.4. The van der Waals surface area contributed by atoms with Gasteiger partial charge >= 0.3 is 0 Å². The molecule has 1 N–H and O–H groups in total. The monoisotopic (exact) mass is 311 g/mol. The normalized spacial score (nSPS) is 11.2. The molecule has 0 bridgehead atoms. The van der Waals surface area contributed by atoms with Gasteiger partial charge in [0.15, 0.2) is 0 Å². The lowest BCUT2D eigenvalue weighted by atomic mass is 10.2. The average Bonchev–Trinajstić information content (AvgIpc) is 2.91. The van der Waals surface area contributed by atoms with E-state index in [1.54, 1.807) is 17.6 Å². The Morgan fingerprint density at radius 3 is 2.90 bits per heavy atom. The van der Waals surface area contributed by atoms with E-state index in [0.717, 1.165) is 11.1 Å². The van der Waals surface area contributed by atoms with Crippen molar-refractivity contribution in [3.8, 4) is 6.07 Å². The van der Waals surface area contributed by atoms with Crippen molar-refractivity contribution in [1.82, 2.24) is 9.71 Å². The number of aromatic nitrogens is 1. The smallest absolute Gasteiger partial charge is 0.242 e. The quantitative estimate of drug-likeness (QED) is 0.910. The van der Waals surface area contributed by atoms with Gasteiger partial charge in [-0.25, -0.2) is 22.5 Å². The molecular weight excluding hydrogens is 301 g/mol. The van der Waals surface area contributed by atoms with Gasteiger partial charge in [-0.05, 0) is 12.1 Å². The Kier molecular flexibility index (Phi) is 4.44. The van der Waals surface area contributed by atoms with Gasteiger partial charge < -0.3 is 0 Å². The summed E-state index contributed by atoms with van der Waals surface area (Å²) in [5, 5.41) is 11.4. The van der Waals surface area contributed by atoms with Gasteiger partial charge in [-0.15, -0.1) is 11.3 Å². The van der Waals surface area contributed by atoms with E-state index < -0.39 is 21.4 Å². The molecule has 0 atom stereocenters. The van der Waals surface area contributed by atoms with Crippen LogP contribution in [-0.4, -0.2) is 19.9 Å². The van der Waals surface area contributed by atoms with Crippen molar-refractivity contribution in [3.05, 3.63) is 46.2 Å². The van der Waals surface area contributed by atoms with Gasteiger partial charge in [0, 0.05) is 24.5 Å².